The van der Waals surface area contributed by atoms with Crippen LogP contribution in [0.2, 0.25) is 0 Å². The van der Waals surface area contributed by atoms with Gasteiger partial charge >= 0.3 is 5.97 Å². The topological polar surface area (TPSA) is 70.9 Å². The highest BCUT2D eigenvalue weighted by Crippen LogP contribution is 2.52. The van der Waals surface area contributed by atoms with Gasteiger partial charge in [-0.3, -0.25) is 10.1 Å². The van der Waals surface area contributed by atoms with Crippen molar-refractivity contribution >= 4 is 11.7 Å². The second-order valence-corrected chi connectivity index (χ2v) is 5.55. The highest BCUT2D eigenvalue weighted by Gasteiger charge is 2.52. The van der Waals surface area contributed by atoms with Crippen LogP contribution in [0.25, 0.3) is 0 Å². The molecule has 1 heterocycles. The minimum absolute atomic E-state index is 0.0228. The lowest BCUT2D eigenvalue weighted by molar-refractivity contribution is -0.140. The van der Waals surface area contributed by atoms with Crippen LogP contribution in [0.3, 0.4) is 0 Å². The Morgan fingerprint density at radius 1 is 1.40 bits per heavy atom. The number of nitrogens with zero attached hydrogens (tertiary/aromatic N) is 1. The number of hydrogen-bond donors (Lipinski definition) is 2. The van der Waals surface area contributed by atoms with E-state index in [1.807, 2.05) is 30.3 Å². The van der Waals surface area contributed by atoms with E-state index in [1.165, 1.54) is 0 Å². The summed E-state index contributed by atoms with van der Waals surface area (Å²) in [7, 11) is 0. The van der Waals surface area contributed by atoms with E-state index in [-0.39, 0.29) is 5.41 Å². The fraction of sp³-hybridized carbons (Fsp3) is 0.467. The molecule has 106 valence electrons. The van der Waals surface area contributed by atoms with Crippen LogP contribution in [0, 0.1) is 5.41 Å². The summed E-state index contributed by atoms with van der Waals surface area (Å²) >= 11 is 0. The average molecular weight is 274 g/mol. The Kier molecular flexibility index (Phi) is 3.44. The Balaban J connectivity index is 1.60. The van der Waals surface area contributed by atoms with Crippen LogP contribution in [0.1, 0.15) is 24.8 Å². The first-order chi connectivity index (χ1) is 9.70. The number of rotatable bonds is 4. The van der Waals surface area contributed by atoms with Crippen molar-refractivity contribution in [1.82, 2.24) is 5.32 Å². The molecule has 0 bridgehead atoms. The molecule has 1 saturated carbocycles. The van der Waals surface area contributed by atoms with Crippen molar-refractivity contribution < 1.29 is 14.7 Å². The Bertz CT molecular complexity index is 523. The first-order valence-corrected chi connectivity index (χ1v) is 6.89. The quantitative estimate of drug-likeness (QED) is 0.821. The van der Waals surface area contributed by atoms with Crippen LogP contribution >= 0.6 is 0 Å². The van der Waals surface area contributed by atoms with Crippen LogP contribution in [-0.2, 0) is 16.2 Å². The molecule has 1 aromatic carbocycles. The average Bonchev–Trinajstić information content (AvgIpc) is 3.22. The maximum Gasteiger partial charge on any atom is 0.320 e. The van der Waals surface area contributed by atoms with Gasteiger partial charge in [0.25, 0.3) is 0 Å². The summed E-state index contributed by atoms with van der Waals surface area (Å²) < 4.78 is 0. The van der Waals surface area contributed by atoms with Gasteiger partial charge in [0.1, 0.15) is 12.6 Å². The van der Waals surface area contributed by atoms with Crippen LogP contribution in [0.15, 0.2) is 35.5 Å². The second-order valence-electron chi connectivity index (χ2n) is 5.55. The summed E-state index contributed by atoms with van der Waals surface area (Å²) in [5.41, 5.74) is 2.02. The summed E-state index contributed by atoms with van der Waals surface area (Å²) in [6.07, 6.45) is 2.66. The van der Waals surface area contributed by atoms with E-state index < -0.39 is 12.0 Å². The summed E-state index contributed by atoms with van der Waals surface area (Å²) in [6, 6.07) is 9.43. The molecule has 20 heavy (non-hydrogen) atoms. The number of piperidine rings is 1. The minimum Gasteiger partial charge on any atom is -0.480 e. The van der Waals surface area contributed by atoms with Crippen molar-refractivity contribution in [3.8, 4) is 0 Å². The van der Waals surface area contributed by atoms with Gasteiger partial charge in [-0.25, -0.2) is 0 Å². The van der Waals surface area contributed by atoms with Gasteiger partial charge in [0, 0.05) is 12.0 Å². The summed E-state index contributed by atoms with van der Waals surface area (Å²) in [6.45, 7) is 0.953. The Morgan fingerprint density at radius 3 is 2.80 bits per heavy atom. The lowest BCUT2D eigenvalue weighted by Gasteiger charge is -2.28. The Morgan fingerprint density at radius 2 is 2.15 bits per heavy atom. The molecule has 1 aliphatic heterocycles. The predicted octanol–water partition coefficient (Wildman–Crippen LogP) is 1.79. The molecule has 0 amide bonds. The fourth-order valence-electron chi connectivity index (χ4n) is 2.69. The second kappa shape index (κ2) is 5.25. The van der Waals surface area contributed by atoms with Crippen molar-refractivity contribution in [2.75, 3.05) is 6.54 Å². The van der Waals surface area contributed by atoms with Gasteiger partial charge in [-0.2, -0.15) is 0 Å². The van der Waals surface area contributed by atoms with Gasteiger partial charge < -0.3 is 9.94 Å². The third kappa shape index (κ3) is 2.67. The molecule has 0 unspecified atom stereocenters. The van der Waals surface area contributed by atoms with Crippen LogP contribution in [0.4, 0.5) is 0 Å². The van der Waals surface area contributed by atoms with Gasteiger partial charge in [0.05, 0.1) is 5.71 Å². The van der Waals surface area contributed by atoms with Crippen molar-refractivity contribution in [2.24, 2.45) is 10.6 Å². The highest BCUT2D eigenvalue weighted by molar-refractivity contribution is 5.96. The molecular formula is C15H18N2O3. The number of hydrogen-bond acceptors (Lipinski definition) is 4. The van der Waals surface area contributed by atoms with Crippen LogP contribution < -0.4 is 5.32 Å². The van der Waals surface area contributed by atoms with Crippen molar-refractivity contribution in [2.45, 2.75) is 31.9 Å². The standard InChI is InChI=1S/C15H18N2O3/c18-14(19)12-8-15(6-7-15)13(9-16-12)17-20-10-11-4-2-1-3-5-11/h1-5,12,16H,6-10H2,(H,18,19)/t12-/m0/s1. The van der Waals surface area contributed by atoms with E-state index in [0.717, 1.165) is 24.1 Å². The molecule has 2 N–H and O–H groups in total. The number of carbonyl (C=O) groups is 1. The van der Waals surface area contributed by atoms with E-state index in [0.29, 0.717) is 19.6 Å². The molecular weight excluding hydrogens is 256 g/mol. The molecule has 1 atom stereocenters. The third-order valence-corrected chi connectivity index (χ3v) is 4.12. The van der Waals surface area contributed by atoms with Crippen molar-refractivity contribution in [3.63, 3.8) is 0 Å². The maximum atomic E-state index is 11.0. The molecule has 3 rings (SSSR count). The number of aliphatic carboxylic acids is 1. The number of nitrogens with one attached hydrogen (secondary N) is 1. The molecule has 0 radical (unpaired) electrons. The monoisotopic (exact) mass is 274 g/mol. The first kappa shape index (κ1) is 13.1. The number of carboxylic acids is 1. The zero-order chi connectivity index (χ0) is 14.0. The first-order valence-electron chi connectivity index (χ1n) is 6.89. The molecule has 2 aliphatic rings. The zero-order valence-electron chi connectivity index (χ0n) is 11.2. The van der Waals surface area contributed by atoms with Gasteiger partial charge in [-0.1, -0.05) is 35.5 Å². The van der Waals surface area contributed by atoms with Crippen LogP contribution in [-0.4, -0.2) is 29.4 Å². The minimum atomic E-state index is -0.777. The SMILES string of the molecule is O=C(O)[C@@H]1CC2(CC2)C(=NOCc2ccccc2)CN1. The largest absolute Gasteiger partial charge is 0.480 e. The molecule has 5 heteroatoms. The van der Waals surface area contributed by atoms with Gasteiger partial charge in [-0.05, 0) is 24.8 Å². The Hall–Kier alpha value is -1.88. The lowest BCUT2D eigenvalue weighted by atomic mass is 9.87. The summed E-state index contributed by atoms with van der Waals surface area (Å²) in [4.78, 5) is 16.5. The molecule has 1 spiro atoms. The Labute approximate surface area is 117 Å². The van der Waals surface area contributed by atoms with Crippen molar-refractivity contribution in [1.29, 1.82) is 0 Å². The molecule has 2 fully saturated rings. The lowest BCUT2D eigenvalue weighted by Crippen LogP contribution is -2.49. The molecule has 0 aromatic heterocycles. The van der Waals surface area contributed by atoms with Gasteiger partial charge in [0.15, 0.2) is 0 Å². The molecule has 1 aliphatic carbocycles. The van der Waals surface area contributed by atoms with Gasteiger partial charge in [-0.15, -0.1) is 0 Å². The van der Waals surface area contributed by atoms with Crippen molar-refractivity contribution in [3.05, 3.63) is 35.9 Å². The third-order valence-electron chi connectivity index (χ3n) is 4.12. The van der Waals surface area contributed by atoms with E-state index in [2.05, 4.69) is 10.5 Å². The molecule has 1 aromatic rings. The summed E-state index contributed by atoms with van der Waals surface area (Å²) in [5, 5.41) is 16.3. The van der Waals surface area contributed by atoms with E-state index >= 15 is 0 Å². The van der Waals surface area contributed by atoms with E-state index in [1.54, 1.807) is 0 Å². The number of oxime groups is 1. The van der Waals surface area contributed by atoms with Crippen LogP contribution in [0.5, 0.6) is 0 Å². The number of carboxylic acid groups (broad SMARTS) is 1. The fourth-order valence-corrected chi connectivity index (χ4v) is 2.69. The molecule has 1 saturated heterocycles. The normalized spacial score (nSPS) is 25.6. The van der Waals surface area contributed by atoms with Gasteiger partial charge in [0.2, 0.25) is 0 Å². The number of benzene rings is 1. The summed E-state index contributed by atoms with van der Waals surface area (Å²) in [5.74, 6) is -0.777. The maximum absolute atomic E-state index is 11.0. The highest BCUT2D eigenvalue weighted by atomic mass is 16.6. The smallest absolute Gasteiger partial charge is 0.320 e. The van der Waals surface area contributed by atoms with E-state index in [4.69, 9.17) is 9.94 Å². The zero-order valence-corrected chi connectivity index (χ0v) is 11.2. The van der Waals surface area contributed by atoms with E-state index in [9.17, 15) is 4.79 Å². The predicted molar refractivity (Wildman–Crippen MR) is 74.4 cm³/mol. The molecule has 5 nitrogen and oxygen atoms in total.